The number of H-pyrrole nitrogens is 1. The number of fused-ring (bicyclic) bond motifs is 2. The van der Waals surface area contributed by atoms with Crippen molar-refractivity contribution in [2.24, 2.45) is 5.73 Å². The van der Waals surface area contributed by atoms with Crippen molar-refractivity contribution in [3.63, 3.8) is 0 Å². The molecule has 0 atom stereocenters. The molecule has 2 aromatic carbocycles. The van der Waals surface area contributed by atoms with E-state index >= 15 is 0 Å². The third-order valence-corrected chi connectivity index (χ3v) is 8.14. The standard InChI is InChI=1S/C24H23N5O3S/c1-14(2)33(31,32)18-7-5-16(6-8-18)20-11-26-23-22(28-20)21(12-27-23)29-13-17-4-3-15(10-25)9-19(17)24(29)30/h3-9,11-12,14H,10,13,25H2,1-2H3,(H,26,27). The SMILES string of the molecule is CC(C)S(=O)(=O)c1ccc(-c2cnc3[nH]cc(N4Cc5ccc(CN)cc5C4=O)c3n2)cc1. The first kappa shape index (κ1) is 21.3. The number of sulfone groups is 1. The smallest absolute Gasteiger partial charge is 0.259 e. The first-order valence-corrected chi connectivity index (χ1v) is 12.2. The minimum Gasteiger partial charge on any atom is -0.343 e. The first-order valence-electron chi connectivity index (χ1n) is 10.6. The van der Waals surface area contributed by atoms with E-state index in [0.29, 0.717) is 41.2 Å². The maximum absolute atomic E-state index is 13.1. The molecule has 0 saturated heterocycles. The van der Waals surface area contributed by atoms with Crippen molar-refractivity contribution < 1.29 is 13.2 Å². The van der Waals surface area contributed by atoms with Gasteiger partial charge < -0.3 is 15.6 Å². The zero-order valence-electron chi connectivity index (χ0n) is 18.2. The van der Waals surface area contributed by atoms with Crippen LogP contribution >= 0.6 is 0 Å². The van der Waals surface area contributed by atoms with E-state index < -0.39 is 15.1 Å². The van der Waals surface area contributed by atoms with Gasteiger partial charge in [-0.3, -0.25) is 4.79 Å². The van der Waals surface area contributed by atoms with E-state index in [0.717, 1.165) is 16.7 Å². The molecule has 33 heavy (non-hydrogen) atoms. The van der Waals surface area contributed by atoms with E-state index in [9.17, 15) is 13.2 Å². The van der Waals surface area contributed by atoms with Crippen LogP contribution < -0.4 is 10.6 Å². The number of anilines is 1. The van der Waals surface area contributed by atoms with Gasteiger partial charge in [0.1, 0.15) is 5.52 Å². The van der Waals surface area contributed by atoms with Crippen molar-refractivity contribution in [2.75, 3.05) is 4.90 Å². The van der Waals surface area contributed by atoms with Crippen LogP contribution in [0.4, 0.5) is 5.69 Å². The number of carbonyl (C=O) groups excluding carboxylic acids is 1. The van der Waals surface area contributed by atoms with Gasteiger partial charge >= 0.3 is 0 Å². The van der Waals surface area contributed by atoms with Crippen molar-refractivity contribution in [2.45, 2.75) is 37.1 Å². The summed E-state index contributed by atoms with van der Waals surface area (Å²) < 4.78 is 24.8. The topological polar surface area (TPSA) is 122 Å². The number of benzene rings is 2. The Morgan fingerprint density at radius 3 is 2.61 bits per heavy atom. The summed E-state index contributed by atoms with van der Waals surface area (Å²) in [6, 6.07) is 12.3. The molecule has 0 unspecified atom stereocenters. The molecule has 0 aliphatic carbocycles. The van der Waals surface area contributed by atoms with Crippen molar-refractivity contribution >= 4 is 32.6 Å². The number of hydrogen-bond acceptors (Lipinski definition) is 6. The minimum absolute atomic E-state index is 0.100. The van der Waals surface area contributed by atoms with Crippen LogP contribution in [0.1, 0.15) is 35.3 Å². The molecule has 1 amide bonds. The highest BCUT2D eigenvalue weighted by Crippen LogP contribution is 2.33. The van der Waals surface area contributed by atoms with Crippen LogP contribution in [0.3, 0.4) is 0 Å². The zero-order chi connectivity index (χ0) is 23.3. The van der Waals surface area contributed by atoms with Crippen molar-refractivity contribution in [3.8, 4) is 11.3 Å². The number of nitrogens with one attached hydrogen (secondary N) is 1. The van der Waals surface area contributed by atoms with Crippen LogP contribution in [0.25, 0.3) is 22.4 Å². The number of amides is 1. The van der Waals surface area contributed by atoms with Crippen LogP contribution in [-0.2, 0) is 22.9 Å². The summed E-state index contributed by atoms with van der Waals surface area (Å²) in [4.78, 5) is 27.4. The van der Waals surface area contributed by atoms with Crippen molar-refractivity contribution in [1.29, 1.82) is 0 Å². The average molecular weight is 462 g/mol. The van der Waals surface area contributed by atoms with Gasteiger partial charge in [-0.05, 0) is 43.2 Å². The molecule has 5 rings (SSSR count). The Morgan fingerprint density at radius 1 is 1.15 bits per heavy atom. The molecule has 0 spiro atoms. The molecule has 0 fully saturated rings. The van der Waals surface area contributed by atoms with Gasteiger partial charge in [0, 0.05) is 23.9 Å². The monoisotopic (exact) mass is 461 g/mol. The molecule has 0 bridgehead atoms. The minimum atomic E-state index is -3.35. The second-order valence-corrected chi connectivity index (χ2v) is 10.8. The fourth-order valence-corrected chi connectivity index (χ4v) is 5.04. The number of nitrogens with two attached hydrogens (primary N) is 1. The number of hydrogen-bond donors (Lipinski definition) is 2. The Hall–Kier alpha value is -3.56. The lowest BCUT2D eigenvalue weighted by molar-refractivity contribution is 0.0996. The quantitative estimate of drug-likeness (QED) is 0.470. The van der Waals surface area contributed by atoms with Gasteiger partial charge in [-0.25, -0.2) is 18.4 Å². The van der Waals surface area contributed by atoms with Crippen LogP contribution in [-0.4, -0.2) is 34.5 Å². The molecule has 3 heterocycles. The Kier molecular flexibility index (Phi) is 5.02. The highest BCUT2D eigenvalue weighted by Gasteiger charge is 2.31. The van der Waals surface area contributed by atoms with Crippen LogP contribution in [0.2, 0.25) is 0 Å². The average Bonchev–Trinajstić information content (AvgIpc) is 3.38. The van der Waals surface area contributed by atoms with E-state index in [1.807, 2.05) is 18.2 Å². The fourth-order valence-electron chi connectivity index (χ4n) is 3.98. The van der Waals surface area contributed by atoms with E-state index in [1.54, 1.807) is 55.4 Å². The van der Waals surface area contributed by atoms with Crippen LogP contribution in [0.5, 0.6) is 0 Å². The number of nitrogens with zero attached hydrogens (tertiary/aromatic N) is 3. The lowest BCUT2D eigenvalue weighted by Gasteiger charge is -2.14. The summed E-state index contributed by atoms with van der Waals surface area (Å²) in [5.74, 6) is -0.100. The van der Waals surface area contributed by atoms with E-state index in [1.165, 1.54) is 0 Å². The molecule has 0 saturated carbocycles. The summed E-state index contributed by atoms with van der Waals surface area (Å²) in [7, 11) is -3.35. The summed E-state index contributed by atoms with van der Waals surface area (Å²) in [6.07, 6.45) is 3.36. The Balaban J connectivity index is 1.51. The van der Waals surface area contributed by atoms with E-state index in [4.69, 9.17) is 10.7 Å². The summed E-state index contributed by atoms with van der Waals surface area (Å²) in [5.41, 5.74) is 11.4. The number of aromatic amines is 1. The molecular formula is C24H23N5O3S. The van der Waals surface area contributed by atoms with Gasteiger partial charge in [-0.1, -0.05) is 24.3 Å². The third-order valence-electron chi connectivity index (χ3n) is 5.96. The highest BCUT2D eigenvalue weighted by molar-refractivity contribution is 7.92. The van der Waals surface area contributed by atoms with E-state index in [2.05, 4.69) is 9.97 Å². The molecule has 0 radical (unpaired) electrons. The fraction of sp³-hybridized carbons (Fsp3) is 0.208. The lowest BCUT2D eigenvalue weighted by atomic mass is 10.1. The molecular weight excluding hydrogens is 438 g/mol. The van der Waals surface area contributed by atoms with Gasteiger partial charge in [0.15, 0.2) is 15.5 Å². The highest BCUT2D eigenvalue weighted by atomic mass is 32.2. The molecule has 168 valence electrons. The van der Waals surface area contributed by atoms with Crippen LogP contribution in [0.15, 0.2) is 59.8 Å². The first-order chi connectivity index (χ1) is 15.8. The van der Waals surface area contributed by atoms with Gasteiger partial charge in [-0.15, -0.1) is 0 Å². The predicted octanol–water partition coefficient (Wildman–Crippen LogP) is 3.43. The second kappa shape index (κ2) is 7.79. The van der Waals surface area contributed by atoms with Crippen molar-refractivity contribution in [3.05, 3.63) is 71.5 Å². The Labute approximate surface area is 191 Å². The van der Waals surface area contributed by atoms with E-state index in [-0.39, 0.29) is 10.8 Å². The maximum Gasteiger partial charge on any atom is 0.259 e. The van der Waals surface area contributed by atoms with Gasteiger partial charge in [0.05, 0.1) is 34.3 Å². The number of aromatic nitrogens is 3. The summed E-state index contributed by atoms with van der Waals surface area (Å²) in [6.45, 7) is 4.13. The molecule has 8 nitrogen and oxygen atoms in total. The largest absolute Gasteiger partial charge is 0.343 e. The predicted molar refractivity (Wildman–Crippen MR) is 126 cm³/mol. The molecule has 3 N–H and O–H groups in total. The number of carbonyl (C=O) groups is 1. The van der Waals surface area contributed by atoms with Crippen LogP contribution in [0, 0.1) is 0 Å². The zero-order valence-corrected chi connectivity index (χ0v) is 19.1. The molecule has 1 aliphatic heterocycles. The maximum atomic E-state index is 13.1. The Bertz CT molecular complexity index is 1490. The molecule has 1 aliphatic rings. The lowest BCUT2D eigenvalue weighted by Crippen LogP contribution is -2.22. The summed E-state index contributed by atoms with van der Waals surface area (Å²) >= 11 is 0. The molecule has 4 aromatic rings. The summed E-state index contributed by atoms with van der Waals surface area (Å²) in [5, 5.41) is -0.495. The second-order valence-electron chi connectivity index (χ2n) is 8.33. The molecule has 9 heteroatoms. The normalized spacial score (nSPS) is 13.8. The van der Waals surface area contributed by atoms with Gasteiger partial charge in [-0.2, -0.15) is 0 Å². The Morgan fingerprint density at radius 2 is 1.91 bits per heavy atom. The molecule has 2 aromatic heterocycles. The van der Waals surface area contributed by atoms with Gasteiger partial charge in [0.25, 0.3) is 5.91 Å². The number of rotatable bonds is 5. The van der Waals surface area contributed by atoms with Crippen molar-refractivity contribution in [1.82, 2.24) is 15.0 Å². The third kappa shape index (κ3) is 3.49. The van der Waals surface area contributed by atoms with Gasteiger partial charge in [0.2, 0.25) is 0 Å².